The van der Waals surface area contributed by atoms with Crippen LogP contribution < -0.4 is 14.8 Å². The van der Waals surface area contributed by atoms with E-state index < -0.39 is 16.1 Å². The number of carbonyl (C=O) groups excluding carboxylic acids is 1. The number of para-hydroxylation sites is 1. The van der Waals surface area contributed by atoms with Gasteiger partial charge in [-0.1, -0.05) is 25.1 Å². The average molecular weight is 441 g/mol. The summed E-state index contributed by atoms with van der Waals surface area (Å²) in [7, 11) is -3.87. The predicted octanol–water partition coefficient (Wildman–Crippen LogP) is 3.69. The van der Waals surface area contributed by atoms with Crippen LogP contribution in [0.5, 0.6) is 5.75 Å². The van der Waals surface area contributed by atoms with E-state index in [1.165, 1.54) is 24.3 Å². The van der Waals surface area contributed by atoms with Gasteiger partial charge in [-0.15, -0.1) is 0 Å². The largest absolute Gasteiger partial charge is 0.481 e. The minimum absolute atomic E-state index is 0.0127. The van der Waals surface area contributed by atoms with Crippen molar-refractivity contribution in [2.45, 2.75) is 38.2 Å². The average Bonchev–Trinajstić information content (AvgIpc) is 2.72. The first kappa shape index (κ1) is 22.2. The zero-order valence-corrected chi connectivity index (χ0v) is 18.3. The first-order valence-corrected chi connectivity index (χ1v) is 11.2. The summed E-state index contributed by atoms with van der Waals surface area (Å²) in [6.45, 7) is 5.37. The third-order valence-electron chi connectivity index (χ3n) is 4.32. The Hall–Kier alpha value is -3.46. The molecule has 0 unspecified atom stereocenters. The molecule has 1 aromatic heterocycles. The number of nitrogens with zero attached hydrogens (tertiary/aromatic N) is 2. The Labute approximate surface area is 181 Å². The van der Waals surface area contributed by atoms with Crippen LogP contribution in [0.15, 0.2) is 65.6 Å². The van der Waals surface area contributed by atoms with E-state index >= 15 is 0 Å². The van der Waals surface area contributed by atoms with Crippen LogP contribution in [0.3, 0.4) is 0 Å². The smallest absolute Gasteiger partial charge is 0.265 e. The molecule has 162 valence electrons. The monoisotopic (exact) mass is 440 g/mol. The third-order valence-corrected chi connectivity index (χ3v) is 5.67. The van der Waals surface area contributed by atoms with Gasteiger partial charge in [0.25, 0.3) is 15.9 Å². The molecule has 3 rings (SSSR count). The van der Waals surface area contributed by atoms with Gasteiger partial charge in [0.05, 0.1) is 4.90 Å². The van der Waals surface area contributed by atoms with Crippen LogP contribution in [0, 0.1) is 13.8 Å². The van der Waals surface area contributed by atoms with Crippen molar-refractivity contribution in [2.75, 3.05) is 10.0 Å². The van der Waals surface area contributed by atoms with E-state index in [-0.39, 0.29) is 16.8 Å². The molecule has 0 bridgehead atoms. The number of amides is 1. The van der Waals surface area contributed by atoms with Gasteiger partial charge in [-0.05, 0) is 62.7 Å². The van der Waals surface area contributed by atoms with Gasteiger partial charge in [0.1, 0.15) is 5.75 Å². The molecule has 0 aliphatic rings. The van der Waals surface area contributed by atoms with E-state index in [2.05, 4.69) is 20.0 Å². The first-order valence-electron chi connectivity index (χ1n) is 9.74. The lowest BCUT2D eigenvalue weighted by atomic mass is 10.2. The van der Waals surface area contributed by atoms with Gasteiger partial charge in [-0.25, -0.2) is 23.1 Å². The van der Waals surface area contributed by atoms with Gasteiger partial charge >= 0.3 is 0 Å². The minimum Gasteiger partial charge on any atom is -0.481 e. The van der Waals surface area contributed by atoms with Crippen LogP contribution in [0.2, 0.25) is 0 Å². The highest BCUT2D eigenvalue weighted by molar-refractivity contribution is 7.92. The van der Waals surface area contributed by atoms with E-state index in [0.29, 0.717) is 29.2 Å². The summed E-state index contributed by atoms with van der Waals surface area (Å²) in [4.78, 5) is 20.8. The van der Waals surface area contributed by atoms with Crippen molar-refractivity contribution < 1.29 is 17.9 Å². The Morgan fingerprint density at radius 3 is 2.19 bits per heavy atom. The van der Waals surface area contributed by atoms with Crippen LogP contribution in [-0.4, -0.2) is 30.4 Å². The van der Waals surface area contributed by atoms with E-state index in [9.17, 15) is 13.2 Å². The molecule has 2 N–H and O–H groups in total. The standard InChI is InChI=1S/C22H24N4O4S/c1-4-20(30-18-8-6-5-7-9-18)21(27)25-17-10-12-19(13-11-17)31(28,29)26-22-23-15(2)14-16(3)24-22/h5-14,20H,4H2,1-3H3,(H,25,27)(H,23,24,26)/t20-/m1/s1. The normalized spacial score (nSPS) is 12.1. The fraction of sp³-hybridized carbons (Fsp3) is 0.227. The van der Waals surface area contributed by atoms with E-state index in [0.717, 1.165) is 0 Å². The molecule has 0 spiro atoms. The number of rotatable bonds is 8. The van der Waals surface area contributed by atoms with Crippen molar-refractivity contribution in [1.82, 2.24) is 9.97 Å². The van der Waals surface area contributed by atoms with Crippen molar-refractivity contribution >= 4 is 27.6 Å². The summed E-state index contributed by atoms with van der Waals surface area (Å²) in [5, 5.41) is 2.75. The number of aromatic nitrogens is 2. The number of ether oxygens (including phenoxy) is 1. The summed E-state index contributed by atoms with van der Waals surface area (Å²) >= 11 is 0. The lowest BCUT2D eigenvalue weighted by Gasteiger charge is -2.17. The maximum absolute atomic E-state index is 12.6. The summed E-state index contributed by atoms with van der Waals surface area (Å²) in [6, 6.07) is 16.7. The SMILES string of the molecule is CC[C@@H](Oc1ccccc1)C(=O)Nc1ccc(S(=O)(=O)Nc2nc(C)cc(C)n2)cc1. The number of hydrogen-bond acceptors (Lipinski definition) is 6. The van der Waals surface area contributed by atoms with Gasteiger partial charge in [0.2, 0.25) is 5.95 Å². The second-order valence-electron chi connectivity index (χ2n) is 6.92. The second kappa shape index (κ2) is 9.57. The van der Waals surface area contributed by atoms with Crippen LogP contribution in [-0.2, 0) is 14.8 Å². The molecular weight excluding hydrogens is 416 g/mol. The molecule has 0 aliphatic carbocycles. The Morgan fingerprint density at radius 1 is 1.00 bits per heavy atom. The molecule has 31 heavy (non-hydrogen) atoms. The summed E-state index contributed by atoms with van der Waals surface area (Å²) < 4.78 is 33.3. The summed E-state index contributed by atoms with van der Waals surface area (Å²) in [5.74, 6) is 0.299. The highest BCUT2D eigenvalue weighted by atomic mass is 32.2. The van der Waals surface area contributed by atoms with Gasteiger partial charge in [-0.3, -0.25) is 4.79 Å². The molecule has 0 saturated carbocycles. The van der Waals surface area contributed by atoms with Crippen LogP contribution >= 0.6 is 0 Å². The molecular formula is C22H24N4O4S. The van der Waals surface area contributed by atoms with Crippen molar-refractivity contribution in [3.8, 4) is 5.75 Å². The number of hydrogen-bond donors (Lipinski definition) is 2. The number of nitrogens with one attached hydrogen (secondary N) is 2. The molecule has 0 saturated heterocycles. The van der Waals surface area contributed by atoms with Gasteiger partial charge in [0, 0.05) is 17.1 Å². The molecule has 9 heteroatoms. The zero-order valence-electron chi connectivity index (χ0n) is 17.5. The van der Waals surface area contributed by atoms with Crippen molar-refractivity contribution in [2.24, 2.45) is 0 Å². The van der Waals surface area contributed by atoms with Crippen molar-refractivity contribution in [1.29, 1.82) is 0 Å². The van der Waals surface area contributed by atoms with Crippen LogP contribution in [0.1, 0.15) is 24.7 Å². The number of carbonyl (C=O) groups is 1. The van der Waals surface area contributed by atoms with E-state index in [1.807, 2.05) is 25.1 Å². The van der Waals surface area contributed by atoms with Crippen molar-refractivity contribution in [3.63, 3.8) is 0 Å². The number of benzene rings is 2. The van der Waals surface area contributed by atoms with E-state index in [4.69, 9.17) is 4.74 Å². The zero-order chi connectivity index (χ0) is 22.4. The fourth-order valence-corrected chi connectivity index (χ4v) is 3.82. The highest BCUT2D eigenvalue weighted by Gasteiger charge is 2.20. The second-order valence-corrected chi connectivity index (χ2v) is 8.60. The lowest BCUT2D eigenvalue weighted by Crippen LogP contribution is -2.32. The third kappa shape index (κ3) is 6.02. The molecule has 0 fully saturated rings. The van der Waals surface area contributed by atoms with Gasteiger partial charge < -0.3 is 10.1 Å². The van der Waals surface area contributed by atoms with Gasteiger partial charge in [-0.2, -0.15) is 0 Å². The molecule has 8 nitrogen and oxygen atoms in total. The number of aryl methyl sites for hydroxylation is 2. The molecule has 1 amide bonds. The molecule has 2 aromatic carbocycles. The molecule has 1 heterocycles. The molecule has 3 aromatic rings. The molecule has 1 atom stereocenters. The highest BCUT2D eigenvalue weighted by Crippen LogP contribution is 2.18. The minimum atomic E-state index is -3.87. The lowest BCUT2D eigenvalue weighted by molar-refractivity contribution is -0.122. The summed E-state index contributed by atoms with van der Waals surface area (Å²) in [6.07, 6.45) is -0.193. The van der Waals surface area contributed by atoms with E-state index in [1.54, 1.807) is 32.0 Å². The fourth-order valence-electron chi connectivity index (χ4n) is 2.88. The topological polar surface area (TPSA) is 110 Å². The Balaban J connectivity index is 1.68. The Bertz CT molecular complexity index is 1130. The van der Waals surface area contributed by atoms with Crippen molar-refractivity contribution in [3.05, 3.63) is 72.1 Å². The Kier molecular flexibility index (Phi) is 6.86. The Morgan fingerprint density at radius 2 is 1.61 bits per heavy atom. The number of anilines is 2. The molecule has 0 aliphatic heterocycles. The molecule has 0 radical (unpaired) electrons. The maximum atomic E-state index is 12.6. The quantitative estimate of drug-likeness (QED) is 0.553. The van der Waals surface area contributed by atoms with Crippen LogP contribution in [0.25, 0.3) is 0 Å². The van der Waals surface area contributed by atoms with Crippen LogP contribution in [0.4, 0.5) is 11.6 Å². The number of sulfonamides is 1. The van der Waals surface area contributed by atoms with Gasteiger partial charge in [0.15, 0.2) is 6.10 Å². The maximum Gasteiger partial charge on any atom is 0.265 e. The first-order chi connectivity index (χ1) is 14.8. The predicted molar refractivity (Wildman–Crippen MR) is 119 cm³/mol. The summed E-state index contributed by atoms with van der Waals surface area (Å²) in [5.41, 5.74) is 1.78.